The Morgan fingerprint density at radius 3 is 1.67 bits per heavy atom. The van der Waals surface area contributed by atoms with E-state index in [0.717, 1.165) is 6.42 Å². The number of oxime groups is 2. The molecular formula is C36H68N4O21P2. The number of rotatable bonds is 28. The van der Waals surface area contributed by atoms with Gasteiger partial charge >= 0.3 is 15.4 Å². The fraction of sp³-hybridized carbons (Fsp3) is 0.889. The predicted octanol–water partition coefficient (Wildman–Crippen LogP) is -1.53. The summed E-state index contributed by atoms with van der Waals surface area (Å²) in [4.78, 5) is 71.6. The maximum Gasteiger partial charge on any atom is 0.469 e. The molecule has 2 fully saturated rings. The molecule has 27 heteroatoms. The van der Waals surface area contributed by atoms with Crippen molar-refractivity contribution < 1.29 is 102 Å². The normalized spacial score (nSPS) is 28.0. The van der Waals surface area contributed by atoms with Crippen molar-refractivity contribution >= 4 is 38.7 Å². The van der Waals surface area contributed by atoms with E-state index in [1.165, 1.54) is 0 Å². The number of hydrogen-bond donors (Lipinski definition) is 12. The molecule has 0 bridgehead atoms. The van der Waals surface area contributed by atoms with Crippen molar-refractivity contribution in [1.29, 1.82) is 0 Å². The summed E-state index contributed by atoms with van der Waals surface area (Å²) in [5, 5.41) is 74.4. The molecule has 2 heterocycles. The molecule has 25 nitrogen and oxygen atoms in total. The number of phosphoric ester groups is 1. The smallest absolute Gasteiger partial charge is 0.393 e. The van der Waals surface area contributed by atoms with Crippen LogP contribution in [0.25, 0.3) is 0 Å². The van der Waals surface area contributed by atoms with Crippen molar-refractivity contribution in [3.63, 3.8) is 0 Å². The maximum atomic E-state index is 12.8. The van der Waals surface area contributed by atoms with E-state index in [0.29, 0.717) is 43.7 Å². The van der Waals surface area contributed by atoms with Crippen molar-refractivity contribution in [3.05, 3.63) is 0 Å². The zero-order chi connectivity index (χ0) is 47.5. The molecule has 0 aromatic carbocycles. The lowest BCUT2D eigenvalue weighted by molar-refractivity contribution is -0.301. The van der Waals surface area contributed by atoms with Gasteiger partial charge in [-0.3, -0.25) is 18.7 Å². The minimum Gasteiger partial charge on any atom is -0.393 e. The summed E-state index contributed by atoms with van der Waals surface area (Å²) in [5.41, 5.74) is 0.801. The Bertz CT molecular complexity index is 1540. The van der Waals surface area contributed by atoms with E-state index in [9.17, 15) is 49.4 Å². The number of unbranched alkanes of at least 4 members (excludes halogenated alkanes) is 1. The first-order chi connectivity index (χ1) is 29.3. The van der Waals surface area contributed by atoms with E-state index in [2.05, 4.69) is 25.5 Å². The lowest BCUT2D eigenvalue weighted by atomic mass is 9.83. The number of hydrogen-bond acceptors (Lipinski definition) is 19. The Hall–Kier alpha value is -2.26. The van der Waals surface area contributed by atoms with Crippen LogP contribution in [0.5, 0.6) is 0 Å². The number of ether oxygens (including phenoxy) is 4. The minimum absolute atomic E-state index is 0.0864. The third kappa shape index (κ3) is 22.7. The topological polar surface area (TPSA) is 384 Å². The molecule has 12 N–H and O–H groups in total. The molecule has 0 aromatic heterocycles. The van der Waals surface area contributed by atoms with Crippen LogP contribution in [0, 0.1) is 5.41 Å². The van der Waals surface area contributed by atoms with Gasteiger partial charge in [-0.2, -0.15) is 0 Å². The molecule has 368 valence electrons. The first kappa shape index (κ1) is 56.9. The van der Waals surface area contributed by atoms with E-state index in [4.69, 9.17) is 48.2 Å². The van der Waals surface area contributed by atoms with Crippen molar-refractivity contribution in [3.8, 4) is 0 Å². The average molecular weight is 955 g/mol. The first-order valence-electron chi connectivity index (χ1n) is 20.5. The van der Waals surface area contributed by atoms with Crippen LogP contribution < -0.4 is 10.6 Å². The van der Waals surface area contributed by atoms with Gasteiger partial charge in [0.2, 0.25) is 11.8 Å². The van der Waals surface area contributed by atoms with E-state index in [1.807, 2.05) is 20.8 Å². The van der Waals surface area contributed by atoms with E-state index in [1.54, 1.807) is 13.8 Å². The highest BCUT2D eigenvalue weighted by Crippen LogP contribution is 2.38. The van der Waals surface area contributed by atoms with Gasteiger partial charge in [-0.25, -0.2) is 4.57 Å². The van der Waals surface area contributed by atoms with Gasteiger partial charge in [0.1, 0.15) is 55.9 Å². The summed E-state index contributed by atoms with van der Waals surface area (Å²) in [6.45, 7) is 8.54. The lowest BCUT2D eigenvalue weighted by Gasteiger charge is -2.40. The summed E-state index contributed by atoms with van der Waals surface area (Å²) in [7, 11) is -9.26. The monoisotopic (exact) mass is 954 g/mol. The number of aliphatic hydroxyl groups excluding tert-OH is 6. The Balaban J connectivity index is 1.62. The molecule has 11 atom stereocenters. The Morgan fingerprint density at radius 1 is 0.683 bits per heavy atom. The molecule has 63 heavy (non-hydrogen) atoms. The van der Waals surface area contributed by atoms with E-state index >= 15 is 0 Å². The molecule has 2 rings (SSSR count). The van der Waals surface area contributed by atoms with Crippen LogP contribution in [0.3, 0.4) is 0 Å². The third-order valence-electron chi connectivity index (χ3n) is 9.85. The SMILES string of the molecule is C/C(CCC(=O)N[C@@H](CCCCNC(=O)CC/C(C)=N/OCCO[C@H]1O[C@H](COP(=O)(O)O)[C@@H](O)[C@H](O)[C@@H]1O)C(C)(C)C)=N/OCCO[C@H]1O[C@H](CCP(=O)(O)O)[C@@H](O)[C@H](O)[C@@H]1O. The Labute approximate surface area is 365 Å². The van der Waals surface area contributed by atoms with Crippen LogP contribution in [0.2, 0.25) is 0 Å². The van der Waals surface area contributed by atoms with Crippen molar-refractivity contribution in [2.75, 3.05) is 45.7 Å². The highest BCUT2D eigenvalue weighted by Gasteiger charge is 2.46. The summed E-state index contributed by atoms with van der Waals surface area (Å²) in [6.07, 6.45) is -13.2. The van der Waals surface area contributed by atoms with Gasteiger partial charge in [0.25, 0.3) is 0 Å². The fourth-order valence-corrected chi connectivity index (χ4v) is 7.06. The van der Waals surface area contributed by atoms with Crippen LogP contribution >= 0.6 is 15.4 Å². The van der Waals surface area contributed by atoms with Gasteiger partial charge in [0.05, 0.1) is 43.5 Å². The average Bonchev–Trinajstić information content (AvgIpc) is 3.19. The fourth-order valence-electron chi connectivity index (χ4n) is 6.12. The van der Waals surface area contributed by atoms with Gasteiger partial charge in [0.15, 0.2) is 12.6 Å². The number of phosphoric acid groups is 1. The van der Waals surface area contributed by atoms with Crippen LogP contribution in [-0.4, -0.2) is 187 Å². The third-order valence-corrected chi connectivity index (χ3v) is 11.2. The van der Waals surface area contributed by atoms with Crippen molar-refractivity contribution in [1.82, 2.24) is 10.6 Å². The van der Waals surface area contributed by atoms with Gasteiger partial charge in [-0.15, -0.1) is 0 Å². The summed E-state index contributed by atoms with van der Waals surface area (Å²) in [6, 6.07) is -0.143. The molecule has 0 unspecified atom stereocenters. The second-order valence-corrected chi connectivity index (χ2v) is 19.4. The first-order valence-corrected chi connectivity index (χ1v) is 23.9. The van der Waals surface area contributed by atoms with Crippen LogP contribution in [0.1, 0.15) is 86.0 Å². The lowest BCUT2D eigenvalue weighted by Crippen LogP contribution is -2.59. The molecular weight excluding hydrogens is 886 g/mol. The molecule has 2 aliphatic rings. The maximum absolute atomic E-state index is 12.8. The number of carbonyl (C=O) groups excluding carboxylic acids is 2. The highest BCUT2D eigenvalue weighted by atomic mass is 31.2. The molecule has 0 radical (unpaired) electrons. The number of aliphatic hydroxyl groups is 6. The molecule has 0 aromatic rings. The zero-order valence-corrected chi connectivity index (χ0v) is 38.0. The summed E-state index contributed by atoms with van der Waals surface area (Å²) < 4.78 is 47.9. The largest absolute Gasteiger partial charge is 0.469 e. The second-order valence-electron chi connectivity index (χ2n) is 16.4. The number of nitrogens with one attached hydrogen (secondary N) is 2. The number of nitrogens with zero attached hydrogens (tertiary/aromatic N) is 2. The zero-order valence-electron chi connectivity index (χ0n) is 36.2. The highest BCUT2D eigenvalue weighted by molar-refractivity contribution is 7.51. The predicted molar refractivity (Wildman–Crippen MR) is 220 cm³/mol. The van der Waals surface area contributed by atoms with Crippen LogP contribution in [0.4, 0.5) is 0 Å². The molecule has 0 saturated carbocycles. The van der Waals surface area contributed by atoms with Gasteiger partial charge in [0, 0.05) is 25.4 Å². The number of amides is 2. The molecule has 0 aliphatic carbocycles. The van der Waals surface area contributed by atoms with E-state index in [-0.39, 0.29) is 69.0 Å². The minimum atomic E-state index is -4.88. The number of carbonyl (C=O) groups is 2. The van der Waals surface area contributed by atoms with Gasteiger partial charge in [-0.1, -0.05) is 31.1 Å². The summed E-state index contributed by atoms with van der Waals surface area (Å²) >= 11 is 0. The second kappa shape index (κ2) is 27.4. The van der Waals surface area contributed by atoms with E-state index < -0.39 is 89.6 Å². The van der Waals surface area contributed by atoms with Gasteiger partial charge in [-0.05, 0) is 57.8 Å². The molecule has 2 amide bonds. The van der Waals surface area contributed by atoms with Crippen molar-refractivity contribution in [2.45, 2.75) is 153 Å². The Kier molecular flexibility index (Phi) is 24.7. The quantitative estimate of drug-likeness (QED) is 0.0183. The summed E-state index contributed by atoms with van der Waals surface area (Å²) in [5.74, 6) is -0.361. The molecule has 2 saturated heterocycles. The van der Waals surface area contributed by atoms with Crippen LogP contribution in [0.15, 0.2) is 10.3 Å². The molecule has 2 aliphatic heterocycles. The standard InChI is InChI=1S/C36H68N4O21P2/c1-21(39-57-18-16-56-35-33(48)31(46)29(44)24(61-35)20-59-63(52,53)54)9-11-26(41)37-14-7-6-8-25(36(3,4)5)38-27(42)12-10-22(2)40-58-17-15-55-34-32(47)30(45)28(43)23(60-34)13-19-62(49,50)51/h23-25,28-35,43-48H,6-20H2,1-5H3,(H,37,41)(H,38,42)(H2,49,50,51)(H2,52,53,54)/b39-21+,40-22-/t23-,24-,25+,28-,29-,30+,31+,32+,33+,34+,35+/m1/s1. The van der Waals surface area contributed by atoms with Gasteiger partial charge < -0.3 is 89.5 Å². The Morgan fingerprint density at radius 2 is 1.17 bits per heavy atom. The molecule has 0 spiro atoms. The van der Waals surface area contributed by atoms with Crippen molar-refractivity contribution in [2.24, 2.45) is 15.7 Å². The van der Waals surface area contributed by atoms with Crippen LogP contribution in [-0.2, 0) is 51.9 Å².